The number of rotatable bonds is 4. The van der Waals surface area contributed by atoms with Crippen LogP contribution in [-0.2, 0) is 6.42 Å². The Kier molecular flexibility index (Phi) is 4.14. The minimum absolute atomic E-state index is 0.903. The summed E-state index contributed by atoms with van der Waals surface area (Å²) in [5.41, 5.74) is 5.17. The monoisotopic (exact) mass is 234 g/mol. The zero-order valence-corrected chi connectivity index (χ0v) is 10.8. The molecule has 0 nitrogen and oxygen atoms in total. The molecule has 2 aromatic rings. The Hall–Kier alpha value is -2.08. The van der Waals surface area contributed by atoms with Crippen molar-refractivity contribution in [3.8, 4) is 11.1 Å². The summed E-state index contributed by atoms with van der Waals surface area (Å²) < 4.78 is 0. The second kappa shape index (κ2) is 6.02. The number of allylic oxidation sites excluding steroid dienone is 2. The van der Waals surface area contributed by atoms with Crippen molar-refractivity contribution in [3.63, 3.8) is 0 Å². The predicted octanol–water partition coefficient (Wildman–Crippen LogP) is 5.12. The molecule has 90 valence electrons. The van der Waals surface area contributed by atoms with Crippen LogP contribution in [0.5, 0.6) is 0 Å². The van der Waals surface area contributed by atoms with Crippen LogP contribution in [0.2, 0.25) is 0 Å². The molecular formula is C18H18. The van der Waals surface area contributed by atoms with Crippen molar-refractivity contribution in [1.29, 1.82) is 0 Å². The Morgan fingerprint density at radius 3 is 2.33 bits per heavy atom. The van der Waals surface area contributed by atoms with Gasteiger partial charge in [0.25, 0.3) is 0 Å². The summed E-state index contributed by atoms with van der Waals surface area (Å²) in [6.45, 7) is 5.88. The highest BCUT2D eigenvalue weighted by atomic mass is 14.1. The first-order chi connectivity index (χ1) is 8.86. The lowest BCUT2D eigenvalue weighted by Crippen LogP contribution is -1.90. The standard InChI is InChI=1S/C18H18/c1-3-9-15-11-5-7-13-17(15)18-14-8-6-12-16(18)10-4-2/h3-8,10-14H,1,9H2,2H3. The lowest BCUT2D eigenvalue weighted by Gasteiger charge is -2.11. The molecule has 0 N–H and O–H groups in total. The number of benzene rings is 2. The topological polar surface area (TPSA) is 0 Å². The van der Waals surface area contributed by atoms with Crippen molar-refractivity contribution in [3.05, 3.63) is 78.4 Å². The van der Waals surface area contributed by atoms with E-state index in [1.165, 1.54) is 22.3 Å². The van der Waals surface area contributed by atoms with Crippen LogP contribution >= 0.6 is 0 Å². The molecule has 0 unspecified atom stereocenters. The molecule has 0 fully saturated rings. The van der Waals surface area contributed by atoms with Crippen molar-refractivity contribution in [2.45, 2.75) is 13.3 Å². The molecule has 0 aliphatic carbocycles. The Morgan fingerprint density at radius 2 is 1.61 bits per heavy atom. The van der Waals surface area contributed by atoms with E-state index in [1.54, 1.807) is 0 Å². The Labute approximate surface area is 109 Å². The zero-order valence-electron chi connectivity index (χ0n) is 10.8. The fraction of sp³-hybridized carbons (Fsp3) is 0.111. The van der Waals surface area contributed by atoms with Gasteiger partial charge in [-0.2, -0.15) is 0 Å². The van der Waals surface area contributed by atoms with Gasteiger partial charge in [-0.3, -0.25) is 0 Å². The SMILES string of the molecule is C=CCc1ccccc1-c1ccccc1C=CC. The van der Waals surface area contributed by atoms with Gasteiger partial charge in [0.2, 0.25) is 0 Å². The maximum atomic E-state index is 3.84. The van der Waals surface area contributed by atoms with Crippen LogP contribution in [0.1, 0.15) is 18.1 Å². The average molecular weight is 234 g/mol. The van der Waals surface area contributed by atoms with E-state index in [9.17, 15) is 0 Å². The normalized spacial score (nSPS) is 10.7. The Morgan fingerprint density at radius 1 is 0.944 bits per heavy atom. The quantitative estimate of drug-likeness (QED) is 0.644. The van der Waals surface area contributed by atoms with E-state index in [0.717, 1.165) is 6.42 Å². The van der Waals surface area contributed by atoms with Gasteiger partial charge >= 0.3 is 0 Å². The van der Waals surface area contributed by atoms with E-state index in [1.807, 2.05) is 13.0 Å². The van der Waals surface area contributed by atoms with Gasteiger partial charge in [-0.1, -0.05) is 66.8 Å². The third-order valence-corrected chi connectivity index (χ3v) is 2.98. The molecule has 2 rings (SSSR count). The van der Waals surface area contributed by atoms with Crippen LogP contribution in [0.25, 0.3) is 17.2 Å². The number of hydrogen-bond donors (Lipinski definition) is 0. The van der Waals surface area contributed by atoms with Gasteiger partial charge in [-0.05, 0) is 35.6 Å². The lowest BCUT2D eigenvalue weighted by molar-refractivity contribution is 1.28. The van der Waals surface area contributed by atoms with Crippen LogP contribution in [-0.4, -0.2) is 0 Å². The third kappa shape index (κ3) is 2.60. The van der Waals surface area contributed by atoms with Crippen molar-refractivity contribution in [2.75, 3.05) is 0 Å². The molecule has 0 heterocycles. The van der Waals surface area contributed by atoms with Crippen molar-refractivity contribution >= 4 is 6.08 Å². The largest absolute Gasteiger partial charge is 0.103 e. The first-order valence-electron chi connectivity index (χ1n) is 6.27. The van der Waals surface area contributed by atoms with Gasteiger partial charge in [0, 0.05) is 0 Å². The molecule has 0 heteroatoms. The molecular weight excluding hydrogens is 216 g/mol. The molecule has 0 aliphatic rings. The smallest absolute Gasteiger partial charge is 0.00940 e. The van der Waals surface area contributed by atoms with Crippen molar-refractivity contribution in [1.82, 2.24) is 0 Å². The highest BCUT2D eigenvalue weighted by Gasteiger charge is 2.06. The zero-order chi connectivity index (χ0) is 12.8. The summed E-state index contributed by atoms with van der Waals surface area (Å²) in [5, 5.41) is 0. The van der Waals surface area contributed by atoms with Crippen molar-refractivity contribution < 1.29 is 0 Å². The van der Waals surface area contributed by atoms with Crippen LogP contribution in [0, 0.1) is 0 Å². The summed E-state index contributed by atoms with van der Waals surface area (Å²) in [6.07, 6.45) is 7.09. The van der Waals surface area contributed by atoms with Crippen LogP contribution in [0.4, 0.5) is 0 Å². The summed E-state index contributed by atoms with van der Waals surface area (Å²) >= 11 is 0. The molecule has 2 aromatic carbocycles. The lowest BCUT2D eigenvalue weighted by atomic mass is 9.94. The fourth-order valence-corrected chi connectivity index (χ4v) is 2.18. The summed E-state index contributed by atoms with van der Waals surface area (Å²) in [6, 6.07) is 17.0. The van der Waals surface area contributed by atoms with E-state index in [-0.39, 0.29) is 0 Å². The maximum absolute atomic E-state index is 3.84. The molecule has 0 radical (unpaired) electrons. The first-order valence-corrected chi connectivity index (χ1v) is 6.27. The molecule has 18 heavy (non-hydrogen) atoms. The van der Waals surface area contributed by atoms with Gasteiger partial charge in [0.15, 0.2) is 0 Å². The van der Waals surface area contributed by atoms with Gasteiger partial charge in [0.05, 0.1) is 0 Å². The molecule has 0 saturated carbocycles. The molecule has 0 aliphatic heterocycles. The maximum Gasteiger partial charge on any atom is -0.00940 e. The van der Waals surface area contributed by atoms with Gasteiger partial charge in [-0.25, -0.2) is 0 Å². The van der Waals surface area contributed by atoms with Gasteiger partial charge in [-0.15, -0.1) is 6.58 Å². The minimum Gasteiger partial charge on any atom is -0.103 e. The molecule has 0 aromatic heterocycles. The van der Waals surface area contributed by atoms with Crippen LogP contribution in [0.3, 0.4) is 0 Å². The van der Waals surface area contributed by atoms with E-state index in [0.29, 0.717) is 0 Å². The summed E-state index contributed by atoms with van der Waals surface area (Å²) in [4.78, 5) is 0. The van der Waals surface area contributed by atoms with E-state index in [2.05, 4.69) is 67.3 Å². The molecule has 0 amide bonds. The highest BCUT2D eigenvalue weighted by Crippen LogP contribution is 2.28. The minimum atomic E-state index is 0.903. The molecule has 0 atom stereocenters. The fourth-order valence-electron chi connectivity index (χ4n) is 2.18. The average Bonchev–Trinajstić information content (AvgIpc) is 2.41. The molecule has 0 saturated heterocycles. The first kappa shape index (κ1) is 12.4. The van der Waals surface area contributed by atoms with E-state index >= 15 is 0 Å². The van der Waals surface area contributed by atoms with E-state index < -0.39 is 0 Å². The van der Waals surface area contributed by atoms with Gasteiger partial charge in [0.1, 0.15) is 0 Å². The summed E-state index contributed by atoms with van der Waals surface area (Å²) in [7, 11) is 0. The Bertz CT molecular complexity index is 562. The van der Waals surface area contributed by atoms with Crippen LogP contribution < -0.4 is 0 Å². The predicted molar refractivity (Wildman–Crippen MR) is 80.5 cm³/mol. The second-order valence-electron chi connectivity index (χ2n) is 4.24. The van der Waals surface area contributed by atoms with Crippen LogP contribution in [0.15, 0.2) is 67.3 Å². The number of hydrogen-bond acceptors (Lipinski definition) is 0. The highest BCUT2D eigenvalue weighted by molar-refractivity contribution is 5.77. The Balaban J connectivity index is 2.58. The molecule has 0 bridgehead atoms. The van der Waals surface area contributed by atoms with Crippen molar-refractivity contribution in [2.24, 2.45) is 0 Å². The second-order valence-corrected chi connectivity index (χ2v) is 4.24. The van der Waals surface area contributed by atoms with E-state index in [4.69, 9.17) is 0 Å². The van der Waals surface area contributed by atoms with Gasteiger partial charge < -0.3 is 0 Å². The molecule has 0 spiro atoms. The third-order valence-electron chi connectivity index (χ3n) is 2.98. The summed E-state index contributed by atoms with van der Waals surface area (Å²) in [5.74, 6) is 0.